The molecule has 0 unspecified atom stereocenters. The van der Waals surface area contributed by atoms with E-state index in [0.717, 1.165) is 10.7 Å². The molecule has 0 aliphatic rings. The Morgan fingerprint density at radius 3 is 2.57 bits per heavy atom. The van der Waals surface area contributed by atoms with Crippen LogP contribution in [0.2, 0.25) is 0 Å². The molecular weight excluding hydrogens is 377 g/mol. The Hall–Kier alpha value is -3.06. The highest BCUT2D eigenvalue weighted by Crippen LogP contribution is 2.26. The maximum atomic E-state index is 13.6. The minimum absolute atomic E-state index is 0.255. The van der Waals surface area contributed by atoms with Gasteiger partial charge in [-0.1, -0.05) is 54.2 Å². The number of rotatable bonds is 8. The van der Waals surface area contributed by atoms with E-state index in [9.17, 15) is 4.39 Å². The molecule has 0 saturated carbocycles. The lowest BCUT2D eigenvalue weighted by atomic mass is 10.2. The van der Waals surface area contributed by atoms with Gasteiger partial charge in [0.15, 0.2) is 22.5 Å². The first-order chi connectivity index (χ1) is 13.8. The number of aromatic nitrogens is 3. The summed E-state index contributed by atoms with van der Waals surface area (Å²) in [5, 5.41) is 9.38. The van der Waals surface area contributed by atoms with Crippen molar-refractivity contribution in [1.82, 2.24) is 14.8 Å². The third-order valence-corrected chi connectivity index (χ3v) is 4.98. The number of halogens is 1. The molecule has 0 fully saturated rings. The molecule has 2 aromatic carbocycles. The Labute approximate surface area is 166 Å². The molecule has 142 valence electrons. The largest absolute Gasteiger partial charge is 0.490 e. The van der Waals surface area contributed by atoms with E-state index in [1.807, 2.05) is 34.9 Å². The van der Waals surface area contributed by atoms with Gasteiger partial charge in [0.2, 0.25) is 5.82 Å². The molecular formula is C21H18FN3O2S. The quantitative estimate of drug-likeness (QED) is 0.314. The number of ether oxygens (including phenoxy) is 1. The summed E-state index contributed by atoms with van der Waals surface area (Å²) in [5.74, 6) is 1.84. The van der Waals surface area contributed by atoms with Gasteiger partial charge >= 0.3 is 0 Å². The second-order valence-electron chi connectivity index (χ2n) is 5.98. The molecule has 0 aliphatic carbocycles. The molecule has 0 aliphatic heterocycles. The molecule has 4 aromatic rings. The Morgan fingerprint density at radius 2 is 1.79 bits per heavy atom. The van der Waals surface area contributed by atoms with Crippen molar-refractivity contribution in [3.63, 3.8) is 0 Å². The predicted octanol–water partition coefficient (Wildman–Crippen LogP) is 4.90. The predicted molar refractivity (Wildman–Crippen MR) is 106 cm³/mol. The fourth-order valence-electron chi connectivity index (χ4n) is 2.74. The van der Waals surface area contributed by atoms with Crippen molar-refractivity contribution >= 4 is 11.8 Å². The van der Waals surface area contributed by atoms with Gasteiger partial charge in [0.25, 0.3) is 0 Å². The molecule has 4 rings (SSSR count). The van der Waals surface area contributed by atoms with E-state index in [0.29, 0.717) is 30.5 Å². The van der Waals surface area contributed by atoms with Gasteiger partial charge in [0.05, 0.1) is 19.4 Å². The Kier molecular flexibility index (Phi) is 5.72. The van der Waals surface area contributed by atoms with Gasteiger partial charge < -0.3 is 9.15 Å². The van der Waals surface area contributed by atoms with Crippen molar-refractivity contribution in [2.45, 2.75) is 11.7 Å². The summed E-state index contributed by atoms with van der Waals surface area (Å²) in [5.41, 5.74) is 1.14. The number of benzene rings is 2. The molecule has 5 nitrogen and oxygen atoms in total. The Morgan fingerprint density at radius 1 is 0.964 bits per heavy atom. The average Bonchev–Trinajstić information content (AvgIpc) is 3.38. The molecule has 2 aromatic heterocycles. The minimum atomic E-state index is -0.361. The molecule has 2 heterocycles. The van der Waals surface area contributed by atoms with Crippen molar-refractivity contribution in [2.24, 2.45) is 0 Å². The lowest BCUT2D eigenvalue weighted by Gasteiger charge is -2.10. The number of para-hydroxylation sites is 1. The van der Waals surface area contributed by atoms with Gasteiger partial charge in [0.1, 0.15) is 0 Å². The lowest BCUT2D eigenvalue weighted by Crippen LogP contribution is -2.06. The van der Waals surface area contributed by atoms with Crippen LogP contribution in [-0.4, -0.2) is 27.1 Å². The highest BCUT2D eigenvalue weighted by Gasteiger charge is 2.16. The lowest BCUT2D eigenvalue weighted by molar-refractivity contribution is 0.325. The summed E-state index contributed by atoms with van der Waals surface area (Å²) in [6.07, 6.45) is 1.62. The number of thioether (sulfide) groups is 1. The highest BCUT2D eigenvalue weighted by atomic mass is 32.2. The molecule has 7 heteroatoms. The molecule has 0 bridgehead atoms. The third kappa shape index (κ3) is 4.26. The monoisotopic (exact) mass is 395 g/mol. The molecule has 28 heavy (non-hydrogen) atoms. The van der Waals surface area contributed by atoms with E-state index in [1.54, 1.807) is 24.5 Å². The number of furan rings is 1. The molecule has 0 amide bonds. The topological polar surface area (TPSA) is 53.1 Å². The highest BCUT2D eigenvalue weighted by molar-refractivity contribution is 7.99. The van der Waals surface area contributed by atoms with E-state index >= 15 is 0 Å². The number of hydrogen-bond acceptors (Lipinski definition) is 5. The summed E-state index contributed by atoms with van der Waals surface area (Å²) in [4.78, 5) is 0. The third-order valence-electron chi connectivity index (χ3n) is 4.05. The van der Waals surface area contributed by atoms with Gasteiger partial charge in [-0.25, -0.2) is 4.39 Å². The second kappa shape index (κ2) is 8.75. The van der Waals surface area contributed by atoms with Crippen molar-refractivity contribution in [3.8, 4) is 17.3 Å². The zero-order valence-corrected chi connectivity index (χ0v) is 15.8. The summed E-state index contributed by atoms with van der Waals surface area (Å²) >= 11 is 1.51. The van der Waals surface area contributed by atoms with Crippen LogP contribution in [0.15, 0.2) is 82.6 Å². The molecule has 0 atom stereocenters. The summed E-state index contributed by atoms with van der Waals surface area (Å²) in [6, 6.07) is 20.2. The molecule has 0 N–H and O–H groups in total. The van der Waals surface area contributed by atoms with Crippen molar-refractivity contribution in [1.29, 1.82) is 0 Å². The van der Waals surface area contributed by atoms with Gasteiger partial charge in [-0.2, -0.15) is 0 Å². The van der Waals surface area contributed by atoms with Crippen LogP contribution in [0, 0.1) is 5.82 Å². The standard InChI is InChI=1S/C21H18FN3O2S/c22-17-9-4-5-10-18(17)27-13-14-28-21-24-23-20(19-11-6-12-26-19)25(21)15-16-7-2-1-3-8-16/h1-12H,13-15H2. The maximum Gasteiger partial charge on any atom is 0.200 e. The van der Waals surface area contributed by atoms with Crippen LogP contribution in [-0.2, 0) is 6.54 Å². The average molecular weight is 395 g/mol. The number of hydrogen-bond donors (Lipinski definition) is 0. The summed E-state index contributed by atoms with van der Waals surface area (Å²) in [7, 11) is 0. The minimum Gasteiger partial charge on any atom is -0.490 e. The number of nitrogens with zero attached hydrogens (tertiary/aromatic N) is 3. The van der Waals surface area contributed by atoms with E-state index < -0.39 is 0 Å². The fourth-order valence-corrected chi connectivity index (χ4v) is 3.49. The normalized spacial score (nSPS) is 10.9. The van der Waals surface area contributed by atoms with Crippen LogP contribution in [0.1, 0.15) is 5.56 Å². The van der Waals surface area contributed by atoms with E-state index in [2.05, 4.69) is 22.3 Å². The van der Waals surface area contributed by atoms with Crippen LogP contribution in [0.25, 0.3) is 11.6 Å². The zero-order valence-electron chi connectivity index (χ0n) is 15.0. The Balaban J connectivity index is 1.48. The molecule has 0 saturated heterocycles. The summed E-state index contributed by atoms with van der Waals surface area (Å²) in [6.45, 7) is 0.986. The Bertz CT molecular complexity index is 1020. The van der Waals surface area contributed by atoms with Crippen LogP contribution in [0.3, 0.4) is 0 Å². The van der Waals surface area contributed by atoms with E-state index in [1.165, 1.54) is 17.8 Å². The van der Waals surface area contributed by atoms with Crippen LogP contribution in [0.4, 0.5) is 4.39 Å². The first kappa shape index (κ1) is 18.3. The van der Waals surface area contributed by atoms with Gasteiger partial charge in [-0.3, -0.25) is 4.57 Å². The SMILES string of the molecule is Fc1ccccc1OCCSc1nnc(-c2ccco2)n1Cc1ccccc1. The molecule has 0 spiro atoms. The van der Waals surface area contributed by atoms with Gasteiger partial charge in [-0.05, 0) is 29.8 Å². The maximum absolute atomic E-state index is 13.6. The summed E-state index contributed by atoms with van der Waals surface area (Å²) < 4.78 is 26.7. The van der Waals surface area contributed by atoms with E-state index in [4.69, 9.17) is 9.15 Å². The first-order valence-electron chi connectivity index (χ1n) is 8.82. The van der Waals surface area contributed by atoms with E-state index in [-0.39, 0.29) is 11.6 Å². The van der Waals surface area contributed by atoms with Crippen molar-refractivity contribution in [2.75, 3.05) is 12.4 Å². The fraction of sp³-hybridized carbons (Fsp3) is 0.143. The van der Waals surface area contributed by atoms with Gasteiger partial charge in [0, 0.05) is 5.75 Å². The van der Waals surface area contributed by atoms with Crippen LogP contribution in [0.5, 0.6) is 5.75 Å². The van der Waals surface area contributed by atoms with Crippen molar-refractivity contribution < 1.29 is 13.5 Å². The van der Waals surface area contributed by atoms with Crippen molar-refractivity contribution in [3.05, 3.63) is 84.4 Å². The molecule has 0 radical (unpaired) electrons. The first-order valence-corrected chi connectivity index (χ1v) is 9.81. The van der Waals surface area contributed by atoms with Gasteiger partial charge in [-0.15, -0.1) is 10.2 Å². The smallest absolute Gasteiger partial charge is 0.200 e. The zero-order chi connectivity index (χ0) is 19.2. The van der Waals surface area contributed by atoms with Crippen LogP contribution < -0.4 is 4.74 Å². The second-order valence-corrected chi connectivity index (χ2v) is 7.04. The van der Waals surface area contributed by atoms with Crippen LogP contribution >= 0.6 is 11.8 Å².